The number of unbranched alkanes of at least 4 members (excludes halogenated alkanes) is 22. The summed E-state index contributed by atoms with van der Waals surface area (Å²) in [6.45, 7) is 3.52. The molecule has 316 valence electrons. The Kier molecular flexibility index (Phi) is 39.5. The fourth-order valence-electron chi connectivity index (χ4n) is 5.98. The number of esters is 1. The first-order valence-corrected chi connectivity index (χ1v) is 23.5. The monoisotopic (exact) mass is 784 g/mol. The van der Waals surface area contributed by atoms with E-state index < -0.39 is 26.5 Å². The molecule has 0 radical (unpaired) electrons. The number of nitrogens with one attached hydrogen (secondary N) is 1. The van der Waals surface area contributed by atoms with Crippen LogP contribution in [0.3, 0.4) is 0 Å². The van der Waals surface area contributed by atoms with Crippen LogP contribution in [-0.4, -0.2) is 54.3 Å². The van der Waals surface area contributed by atoms with Gasteiger partial charge < -0.3 is 20.1 Å². The molecule has 10 heteroatoms. The predicted octanol–water partition coefficient (Wildman–Crippen LogP) is 12.2. The Labute approximate surface area is 331 Å². The molecule has 0 aliphatic carbocycles. The summed E-state index contributed by atoms with van der Waals surface area (Å²) in [6.07, 6.45) is 44.9. The van der Waals surface area contributed by atoms with E-state index >= 15 is 0 Å². The molecule has 0 aliphatic heterocycles. The normalized spacial score (nSPS) is 13.6. The summed E-state index contributed by atoms with van der Waals surface area (Å²) < 4.78 is 26.9. The van der Waals surface area contributed by atoms with Gasteiger partial charge in [0.2, 0.25) is 5.91 Å². The molecule has 54 heavy (non-hydrogen) atoms. The van der Waals surface area contributed by atoms with Gasteiger partial charge in [0.1, 0.15) is 12.7 Å². The molecule has 0 rings (SSSR count). The smallest absolute Gasteiger partial charge is 0.463 e. The third-order valence-corrected chi connectivity index (χ3v) is 10.3. The molecule has 0 aliphatic rings. The van der Waals surface area contributed by atoms with Crippen molar-refractivity contribution in [2.75, 3.05) is 26.4 Å². The fraction of sp³-hybridized carbons (Fsp3) is 0.818. The predicted molar refractivity (Wildman–Crippen MR) is 224 cm³/mol. The zero-order chi connectivity index (χ0) is 39.6. The number of hydrogen-bond acceptors (Lipinski definition) is 7. The maximum atomic E-state index is 12.1. The Bertz CT molecular complexity index is 986. The lowest BCUT2D eigenvalue weighted by Gasteiger charge is -2.15. The largest absolute Gasteiger partial charge is 0.472 e. The molecule has 0 bridgehead atoms. The van der Waals surface area contributed by atoms with E-state index in [0.717, 1.165) is 64.2 Å². The highest BCUT2D eigenvalue weighted by atomic mass is 31.2. The first-order chi connectivity index (χ1) is 26.3. The Morgan fingerprint density at radius 2 is 1.00 bits per heavy atom. The average Bonchev–Trinajstić information content (AvgIpc) is 3.16. The van der Waals surface area contributed by atoms with Gasteiger partial charge in [0.15, 0.2) is 0 Å². The second-order valence-corrected chi connectivity index (χ2v) is 16.1. The van der Waals surface area contributed by atoms with Gasteiger partial charge >= 0.3 is 13.8 Å². The summed E-state index contributed by atoms with van der Waals surface area (Å²) in [7, 11) is -4.42. The second-order valence-electron chi connectivity index (χ2n) is 14.7. The molecule has 0 aromatic rings. The fourth-order valence-corrected chi connectivity index (χ4v) is 6.73. The highest BCUT2D eigenvalue weighted by Crippen LogP contribution is 2.42. The average molecular weight is 784 g/mol. The van der Waals surface area contributed by atoms with E-state index in [0.29, 0.717) is 6.42 Å². The zero-order valence-corrected chi connectivity index (χ0v) is 35.6. The lowest BCUT2D eigenvalue weighted by atomic mass is 10.0. The third-order valence-electron chi connectivity index (χ3n) is 9.32. The van der Waals surface area contributed by atoms with Crippen LogP contribution in [0.15, 0.2) is 36.5 Å². The van der Waals surface area contributed by atoms with E-state index in [1.807, 2.05) is 0 Å². The van der Waals surface area contributed by atoms with Crippen LogP contribution in [-0.2, 0) is 27.9 Å². The van der Waals surface area contributed by atoms with Crippen LogP contribution < -0.4 is 5.32 Å². The van der Waals surface area contributed by atoms with Gasteiger partial charge in [-0.15, -0.1) is 0 Å². The second kappa shape index (κ2) is 40.9. The van der Waals surface area contributed by atoms with Gasteiger partial charge in [0.05, 0.1) is 13.2 Å². The number of phosphoric ester groups is 1. The summed E-state index contributed by atoms with van der Waals surface area (Å²) in [6, 6.07) is 0. The molecule has 0 spiro atoms. The van der Waals surface area contributed by atoms with Crippen molar-refractivity contribution in [2.45, 2.75) is 206 Å². The van der Waals surface area contributed by atoms with Gasteiger partial charge in [-0.3, -0.25) is 18.6 Å². The van der Waals surface area contributed by atoms with E-state index in [1.165, 1.54) is 109 Å². The van der Waals surface area contributed by atoms with E-state index in [1.54, 1.807) is 0 Å². The molecule has 0 aromatic carbocycles. The number of carbonyl (C=O) groups excluding carboxylic acids is 2. The molecule has 0 heterocycles. The van der Waals surface area contributed by atoms with E-state index in [-0.39, 0.29) is 32.1 Å². The van der Waals surface area contributed by atoms with Crippen molar-refractivity contribution in [3.8, 4) is 0 Å². The quantitative estimate of drug-likeness (QED) is 0.0242. The van der Waals surface area contributed by atoms with Crippen LogP contribution in [0.4, 0.5) is 0 Å². The number of aliphatic hydroxyl groups is 1. The molecule has 1 amide bonds. The molecular weight excluding hydrogens is 701 g/mol. The summed E-state index contributed by atoms with van der Waals surface area (Å²) >= 11 is 0. The van der Waals surface area contributed by atoms with Crippen molar-refractivity contribution >= 4 is 19.7 Å². The minimum absolute atomic E-state index is 0.0821. The van der Waals surface area contributed by atoms with Crippen molar-refractivity contribution in [1.82, 2.24) is 5.32 Å². The van der Waals surface area contributed by atoms with Crippen LogP contribution >= 0.6 is 7.82 Å². The number of aliphatic hydroxyl groups excluding tert-OH is 1. The van der Waals surface area contributed by atoms with Crippen LogP contribution in [0, 0.1) is 0 Å². The van der Waals surface area contributed by atoms with E-state index in [2.05, 4.69) is 55.6 Å². The van der Waals surface area contributed by atoms with Crippen molar-refractivity contribution in [1.29, 1.82) is 0 Å². The van der Waals surface area contributed by atoms with E-state index in [4.69, 9.17) is 13.8 Å². The molecule has 3 N–H and O–H groups in total. The molecule has 2 unspecified atom stereocenters. The van der Waals surface area contributed by atoms with Crippen molar-refractivity contribution in [2.24, 2.45) is 0 Å². The number of hydrogen-bond donors (Lipinski definition) is 3. The van der Waals surface area contributed by atoms with Gasteiger partial charge in [-0.2, -0.15) is 0 Å². The maximum Gasteiger partial charge on any atom is 0.472 e. The van der Waals surface area contributed by atoms with E-state index in [9.17, 15) is 24.2 Å². The highest BCUT2D eigenvalue weighted by Gasteiger charge is 2.23. The third kappa shape index (κ3) is 41.4. The Morgan fingerprint density at radius 3 is 1.54 bits per heavy atom. The topological polar surface area (TPSA) is 131 Å². The highest BCUT2D eigenvalue weighted by molar-refractivity contribution is 7.47. The summed E-state index contributed by atoms with van der Waals surface area (Å²) in [5.74, 6) is -0.525. The Hall–Kier alpha value is -1.77. The lowest BCUT2D eigenvalue weighted by molar-refractivity contribution is -0.147. The minimum atomic E-state index is -4.42. The van der Waals surface area contributed by atoms with Gasteiger partial charge in [-0.05, 0) is 51.4 Å². The molecule has 0 saturated carbocycles. The molecule has 0 fully saturated rings. The number of carbonyl (C=O) groups is 2. The summed E-state index contributed by atoms with van der Waals surface area (Å²) in [5, 5.41) is 12.7. The maximum absolute atomic E-state index is 12.1. The lowest BCUT2D eigenvalue weighted by Crippen LogP contribution is -2.27. The van der Waals surface area contributed by atoms with Gasteiger partial charge in [-0.1, -0.05) is 172 Å². The van der Waals surface area contributed by atoms with Gasteiger partial charge in [0.25, 0.3) is 0 Å². The minimum Gasteiger partial charge on any atom is -0.463 e. The number of allylic oxidation sites excluding steroid dienone is 6. The zero-order valence-electron chi connectivity index (χ0n) is 34.7. The van der Waals surface area contributed by atoms with Crippen molar-refractivity contribution in [3.63, 3.8) is 0 Å². The van der Waals surface area contributed by atoms with Crippen LogP contribution in [0.5, 0.6) is 0 Å². The Morgan fingerprint density at radius 1 is 0.574 bits per heavy atom. The molecule has 2 atom stereocenters. The van der Waals surface area contributed by atoms with Gasteiger partial charge in [0, 0.05) is 19.4 Å². The van der Waals surface area contributed by atoms with Crippen LogP contribution in [0.1, 0.15) is 200 Å². The number of rotatable bonds is 41. The number of phosphoric acid groups is 1. The first-order valence-electron chi connectivity index (χ1n) is 22.0. The molecule has 0 saturated heterocycles. The first kappa shape index (κ1) is 52.2. The summed E-state index contributed by atoms with van der Waals surface area (Å²) in [5.41, 5.74) is 0. The SMILES string of the molecule is CCCCC/C=C\C/C=C\C/C=C\CCCCCCCCC(=O)OCC(O)COP(=O)(O)OCCNC(=O)CCCCCCCCCCCCCCCC. The van der Waals surface area contributed by atoms with Crippen molar-refractivity contribution < 1.29 is 37.9 Å². The molecule has 9 nitrogen and oxygen atoms in total. The number of ether oxygens (including phenoxy) is 1. The van der Waals surface area contributed by atoms with Crippen LogP contribution in [0.25, 0.3) is 0 Å². The summed E-state index contributed by atoms with van der Waals surface area (Å²) in [4.78, 5) is 33.9. The van der Waals surface area contributed by atoms with Crippen LogP contribution in [0.2, 0.25) is 0 Å². The number of amides is 1. The molecule has 0 aromatic heterocycles. The standard InChI is InChI=1S/C44H82NO8P/c1-3-5-7-9-11-13-15-17-19-20-21-22-23-25-27-29-31-33-35-37-44(48)51-40-42(46)41-53-54(49,50)52-39-38-45-43(47)36-34-32-30-28-26-24-18-16-14-12-10-8-6-4-2/h11,13,17,19,21-22,42,46H,3-10,12,14-16,18,20,23-41H2,1-2H3,(H,45,47)(H,49,50)/b13-11-,19-17-,22-21-. The Balaban J connectivity index is 3.61. The molecular formula is C44H82NO8P. The van der Waals surface area contributed by atoms with Crippen molar-refractivity contribution in [3.05, 3.63) is 36.5 Å². The van der Waals surface area contributed by atoms with Gasteiger partial charge in [-0.25, -0.2) is 4.57 Å².